The predicted octanol–water partition coefficient (Wildman–Crippen LogP) is 0.284. The number of hydrogen-bond donors (Lipinski definition) is 1. The second-order valence-corrected chi connectivity index (χ2v) is 8.19. The number of benzene rings is 1. The fraction of sp³-hybridized carbons (Fsp3) is 0.455. The molecule has 0 spiro atoms. The molecule has 0 radical (unpaired) electrons. The molecule has 0 aliphatic carbocycles. The summed E-state index contributed by atoms with van der Waals surface area (Å²) >= 11 is 0. The molecule has 2 aromatic rings. The number of quaternary nitrogens is 1. The van der Waals surface area contributed by atoms with Crippen LogP contribution >= 0.6 is 0 Å². The molecule has 8 heteroatoms. The Hall–Kier alpha value is -3.00. The number of ether oxygens (including phenoxy) is 2. The summed E-state index contributed by atoms with van der Waals surface area (Å²) in [6.45, 7) is 5.34. The number of nitrogens with zero attached hydrogens (tertiary/aromatic N) is 2. The van der Waals surface area contributed by atoms with Crippen LogP contribution in [-0.2, 0) is 22.7 Å². The lowest BCUT2D eigenvalue weighted by molar-refractivity contribution is -0.917. The highest BCUT2D eigenvalue weighted by Crippen LogP contribution is 2.32. The lowest BCUT2D eigenvalue weighted by Gasteiger charge is -2.33. The second kappa shape index (κ2) is 8.02. The van der Waals surface area contributed by atoms with Gasteiger partial charge in [-0.2, -0.15) is 0 Å². The molecule has 5 rings (SSSR count). The highest BCUT2D eigenvalue weighted by Gasteiger charge is 2.38. The lowest BCUT2D eigenvalue weighted by atomic mass is 10.1. The van der Waals surface area contributed by atoms with Gasteiger partial charge in [0.2, 0.25) is 18.6 Å². The molecule has 0 bridgehead atoms. The van der Waals surface area contributed by atoms with Crippen LogP contribution in [0.25, 0.3) is 0 Å². The molecule has 1 aromatic heterocycles. The summed E-state index contributed by atoms with van der Waals surface area (Å²) in [6, 6.07) is 9.75. The van der Waals surface area contributed by atoms with Crippen LogP contribution in [0, 0.1) is 5.92 Å². The monoisotopic (exact) mass is 412 g/mol. The van der Waals surface area contributed by atoms with E-state index in [2.05, 4.69) is 6.07 Å². The Morgan fingerprint density at radius 1 is 1.13 bits per heavy atom. The van der Waals surface area contributed by atoms with Crippen molar-refractivity contribution < 1.29 is 28.4 Å². The smallest absolute Gasteiger partial charge is 0.231 e. The standard InChI is InChI=1S/C22H25N3O5/c26-21-11-17(13-25(21)14-18-2-1-9-28-18)22(27)24-7-5-23(6-8-24)12-16-3-4-19-20(10-16)30-15-29-19/h1-4,9-10,17H,5-8,11-15H2/p+1/t17-/m0/s1. The normalized spacial score (nSPS) is 21.5. The molecular formula is C22H26N3O5+. The molecule has 158 valence electrons. The Bertz CT molecular complexity index is 921. The molecule has 0 unspecified atom stereocenters. The number of nitrogens with one attached hydrogen (secondary N) is 1. The third-order valence-corrected chi connectivity index (χ3v) is 6.16. The number of hydrogen-bond acceptors (Lipinski definition) is 5. The second-order valence-electron chi connectivity index (χ2n) is 8.19. The number of likely N-dealkylation sites (tertiary alicyclic amines) is 1. The van der Waals surface area contributed by atoms with E-state index in [1.807, 2.05) is 29.2 Å². The van der Waals surface area contributed by atoms with Crippen molar-refractivity contribution in [2.75, 3.05) is 39.5 Å². The molecule has 3 aliphatic rings. The van der Waals surface area contributed by atoms with Gasteiger partial charge in [0.15, 0.2) is 11.5 Å². The van der Waals surface area contributed by atoms with Gasteiger partial charge < -0.3 is 28.6 Å². The maximum atomic E-state index is 13.0. The third-order valence-electron chi connectivity index (χ3n) is 6.16. The van der Waals surface area contributed by atoms with E-state index < -0.39 is 0 Å². The molecule has 1 atom stereocenters. The number of carbonyl (C=O) groups excluding carboxylic acids is 2. The van der Waals surface area contributed by atoms with Crippen molar-refractivity contribution in [3.05, 3.63) is 47.9 Å². The van der Waals surface area contributed by atoms with E-state index in [1.165, 1.54) is 10.5 Å². The van der Waals surface area contributed by atoms with E-state index >= 15 is 0 Å². The molecule has 2 amide bonds. The van der Waals surface area contributed by atoms with Crippen molar-refractivity contribution in [3.8, 4) is 11.5 Å². The van der Waals surface area contributed by atoms with E-state index in [-0.39, 0.29) is 24.5 Å². The van der Waals surface area contributed by atoms with Crippen molar-refractivity contribution in [1.82, 2.24) is 9.80 Å². The number of amides is 2. The van der Waals surface area contributed by atoms with Crippen molar-refractivity contribution in [2.24, 2.45) is 5.92 Å². The maximum Gasteiger partial charge on any atom is 0.231 e. The molecule has 2 saturated heterocycles. The maximum absolute atomic E-state index is 13.0. The largest absolute Gasteiger partial charge is 0.467 e. The van der Waals surface area contributed by atoms with E-state index in [4.69, 9.17) is 13.9 Å². The topological polar surface area (TPSA) is 76.7 Å². The Morgan fingerprint density at radius 2 is 1.97 bits per heavy atom. The van der Waals surface area contributed by atoms with Gasteiger partial charge in [-0.3, -0.25) is 9.59 Å². The summed E-state index contributed by atoms with van der Waals surface area (Å²) in [5.74, 6) is 2.24. The van der Waals surface area contributed by atoms with Gasteiger partial charge in [0.1, 0.15) is 12.3 Å². The zero-order valence-electron chi connectivity index (χ0n) is 16.8. The minimum absolute atomic E-state index is 0.0248. The molecule has 1 N–H and O–H groups in total. The number of piperazine rings is 1. The highest BCUT2D eigenvalue weighted by molar-refractivity contribution is 5.89. The van der Waals surface area contributed by atoms with Gasteiger partial charge in [-0.05, 0) is 30.3 Å². The van der Waals surface area contributed by atoms with Gasteiger partial charge >= 0.3 is 0 Å². The van der Waals surface area contributed by atoms with Gasteiger partial charge in [-0.1, -0.05) is 0 Å². The van der Waals surface area contributed by atoms with Crippen LogP contribution < -0.4 is 14.4 Å². The molecule has 2 fully saturated rings. The summed E-state index contributed by atoms with van der Waals surface area (Å²) in [4.78, 5) is 30.4. The first-order chi connectivity index (χ1) is 14.7. The Labute approximate surface area is 174 Å². The van der Waals surface area contributed by atoms with Gasteiger partial charge in [-0.25, -0.2) is 0 Å². The Morgan fingerprint density at radius 3 is 2.77 bits per heavy atom. The van der Waals surface area contributed by atoms with Crippen LogP contribution in [0.4, 0.5) is 0 Å². The van der Waals surface area contributed by atoms with Crippen LogP contribution in [0.15, 0.2) is 41.0 Å². The van der Waals surface area contributed by atoms with Crippen LogP contribution in [-0.4, -0.2) is 61.1 Å². The van der Waals surface area contributed by atoms with E-state index in [9.17, 15) is 9.59 Å². The van der Waals surface area contributed by atoms with Crippen molar-refractivity contribution in [2.45, 2.75) is 19.5 Å². The van der Waals surface area contributed by atoms with Gasteiger partial charge in [0.05, 0.1) is 44.9 Å². The number of rotatable bonds is 5. The van der Waals surface area contributed by atoms with Crippen LogP contribution in [0.5, 0.6) is 11.5 Å². The SMILES string of the molecule is O=C1C[C@H](C(=O)N2CC[NH+](Cc3ccc4c(c3)OCO4)CC2)CN1Cc1ccco1. The van der Waals surface area contributed by atoms with Crippen molar-refractivity contribution in [1.29, 1.82) is 0 Å². The molecule has 3 aliphatic heterocycles. The van der Waals surface area contributed by atoms with E-state index in [0.29, 0.717) is 19.5 Å². The predicted molar refractivity (Wildman–Crippen MR) is 106 cm³/mol. The highest BCUT2D eigenvalue weighted by atomic mass is 16.7. The Balaban J connectivity index is 1.12. The number of carbonyl (C=O) groups is 2. The van der Waals surface area contributed by atoms with Crippen LogP contribution in [0.1, 0.15) is 17.7 Å². The molecule has 1 aromatic carbocycles. The fourth-order valence-electron chi connectivity index (χ4n) is 4.50. The first-order valence-electron chi connectivity index (χ1n) is 10.5. The van der Waals surface area contributed by atoms with Crippen LogP contribution in [0.2, 0.25) is 0 Å². The minimum atomic E-state index is -0.247. The first-order valence-corrected chi connectivity index (χ1v) is 10.5. The average Bonchev–Trinajstić information content (AvgIpc) is 3.50. The number of furan rings is 1. The van der Waals surface area contributed by atoms with E-state index in [1.54, 1.807) is 11.2 Å². The summed E-state index contributed by atoms with van der Waals surface area (Å²) in [5, 5.41) is 0. The zero-order valence-corrected chi connectivity index (χ0v) is 16.8. The van der Waals surface area contributed by atoms with Crippen molar-refractivity contribution in [3.63, 3.8) is 0 Å². The van der Waals surface area contributed by atoms with E-state index in [0.717, 1.165) is 50.0 Å². The molecule has 8 nitrogen and oxygen atoms in total. The molecule has 30 heavy (non-hydrogen) atoms. The molecular weight excluding hydrogens is 386 g/mol. The zero-order chi connectivity index (χ0) is 20.5. The fourth-order valence-corrected chi connectivity index (χ4v) is 4.50. The summed E-state index contributed by atoms with van der Waals surface area (Å²) < 4.78 is 16.2. The van der Waals surface area contributed by atoms with Gasteiger partial charge in [0.25, 0.3) is 0 Å². The lowest BCUT2D eigenvalue weighted by Crippen LogP contribution is -3.13. The quantitative estimate of drug-likeness (QED) is 0.764. The van der Waals surface area contributed by atoms with Crippen molar-refractivity contribution >= 4 is 11.8 Å². The third kappa shape index (κ3) is 3.87. The average molecular weight is 412 g/mol. The van der Waals surface area contributed by atoms with Gasteiger partial charge in [-0.15, -0.1) is 0 Å². The summed E-state index contributed by atoms with van der Waals surface area (Å²) in [6.07, 6.45) is 1.90. The van der Waals surface area contributed by atoms with Crippen LogP contribution in [0.3, 0.4) is 0 Å². The summed E-state index contributed by atoms with van der Waals surface area (Å²) in [5.41, 5.74) is 1.21. The first kappa shape index (κ1) is 19.0. The minimum Gasteiger partial charge on any atom is -0.467 e. The molecule has 4 heterocycles. The van der Waals surface area contributed by atoms with Gasteiger partial charge in [0, 0.05) is 18.5 Å². The summed E-state index contributed by atoms with van der Waals surface area (Å²) in [7, 11) is 0. The Kier molecular flexibility index (Phi) is 5.08. The number of fused-ring (bicyclic) bond motifs is 1. The molecule has 0 saturated carbocycles.